The summed E-state index contributed by atoms with van der Waals surface area (Å²) in [6.07, 6.45) is 3.22. The first-order valence-electron chi connectivity index (χ1n) is 9.66. The van der Waals surface area contributed by atoms with Crippen LogP contribution in [0.2, 0.25) is 5.02 Å². The Bertz CT molecular complexity index is 1190. The highest BCUT2D eigenvalue weighted by Crippen LogP contribution is 2.41. The van der Waals surface area contributed by atoms with E-state index in [0.717, 1.165) is 18.2 Å². The summed E-state index contributed by atoms with van der Waals surface area (Å²) >= 11 is 6.01. The number of aliphatic hydroxyl groups is 1. The Morgan fingerprint density at radius 1 is 1.17 bits per heavy atom. The molecule has 3 aromatic rings. The number of hydrogen-bond acceptors (Lipinski definition) is 6. The van der Waals surface area contributed by atoms with Crippen LogP contribution in [0.25, 0.3) is 23.1 Å². The van der Waals surface area contributed by atoms with Crippen molar-refractivity contribution >= 4 is 34.7 Å². The molecule has 1 aliphatic rings. The zero-order chi connectivity index (χ0) is 21.4. The van der Waals surface area contributed by atoms with Crippen LogP contribution in [0.5, 0.6) is 11.5 Å². The lowest BCUT2D eigenvalue weighted by Crippen LogP contribution is -2.40. The summed E-state index contributed by atoms with van der Waals surface area (Å²) in [5.74, 6) is -0.707. The minimum atomic E-state index is -0.738. The molecule has 1 fully saturated rings. The molecule has 3 N–H and O–H groups in total. The summed E-state index contributed by atoms with van der Waals surface area (Å²) in [6.45, 7) is 1.16. The predicted molar refractivity (Wildman–Crippen MR) is 117 cm³/mol. The molecule has 2 aromatic carbocycles. The second kappa shape index (κ2) is 8.14. The van der Waals surface area contributed by atoms with Crippen molar-refractivity contribution in [2.24, 2.45) is 0 Å². The lowest BCUT2D eigenvalue weighted by atomic mass is 9.85. The van der Waals surface area contributed by atoms with Crippen molar-refractivity contribution in [3.8, 4) is 11.5 Å². The average molecular weight is 428 g/mol. The Kier molecular flexibility index (Phi) is 5.56. The van der Waals surface area contributed by atoms with Crippen LogP contribution in [0.1, 0.15) is 29.2 Å². The third-order valence-electron chi connectivity index (χ3n) is 5.46. The van der Waals surface area contributed by atoms with Gasteiger partial charge < -0.3 is 24.6 Å². The molecule has 0 unspecified atom stereocenters. The Hall–Kier alpha value is -2.80. The minimum Gasteiger partial charge on any atom is -0.507 e. The minimum absolute atomic E-state index is 0.00571. The number of nitrogens with zero attached hydrogens (tertiary/aromatic N) is 1. The van der Waals surface area contributed by atoms with Crippen LogP contribution in [0, 0.1) is 0 Å². The van der Waals surface area contributed by atoms with E-state index in [4.69, 9.17) is 16.0 Å². The number of likely N-dealkylation sites (tertiary alicyclic amines) is 1. The van der Waals surface area contributed by atoms with Gasteiger partial charge in [-0.3, -0.25) is 4.79 Å². The number of rotatable bonds is 3. The van der Waals surface area contributed by atoms with Gasteiger partial charge in [-0.05, 0) is 43.8 Å². The van der Waals surface area contributed by atoms with E-state index in [0.29, 0.717) is 23.6 Å². The lowest BCUT2D eigenvalue weighted by Gasteiger charge is -2.34. The molecule has 2 heterocycles. The van der Waals surface area contributed by atoms with Gasteiger partial charge in [-0.15, -0.1) is 0 Å². The van der Waals surface area contributed by atoms with Gasteiger partial charge in [0.1, 0.15) is 28.2 Å². The third-order valence-corrected chi connectivity index (χ3v) is 5.70. The maximum absolute atomic E-state index is 12.7. The van der Waals surface area contributed by atoms with Crippen molar-refractivity contribution in [3.05, 3.63) is 68.5 Å². The Morgan fingerprint density at radius 2 is 1.97 bits per heavy atom. The molecule has 4 rings (SSSR count). The van der Waals surface area contributed by atoms with Crippen LogP contribution >= 0.6 is 11.6 Å². The topological polar surface area (TPSA) is 94.1 Å². The molecule has 1 aliphatic heterocycles. The summed E-state index contributed by atoms with van der Waals surface area (Å²) in [5, 5.41) is 32.0. The number of piperidine rings is 1. The summed E-state index contributed by atoms with van der Waals surface area (Å²) < 4.78 is 5.95. The van der Waals surface area contributed by atoms with Crippen LogP contribution in [0.3, 0.4) is 0 Å². The van der Waals surface area contributed by atoms with E-state index in [1.54, 1.807) is 24.3 Å². The number of aliphatic hydroxyl groups excluding tert-OH is 1. The van der Waals surface area contributed by atoms with Crippen LogP contribution in [-0.4, -0.2) is 46.5 Å². The number of fused-ring (bicyclic) bond motifs is 1. The lowest BCUT2D eigenvalue weighted by molar-refractivity contribution is 0.0630. The first kappa shape index (κ1) is 20.5. The summed E-state index contributed by atoms with van der Waals surface area (Å²) in [6, 6.07) is 9.64. The van der Waals surface area contributed by atoms with Crippen LogP contribution in [0.4, 0.5) is 0 Å². The largest absolute Gasteiger partial charge is 0.507 e. The number of aromatic hydroxyl groups is 2. The maximum Gasteiger partial charge on any atom is 0.197 e. The zero-order valence-corrected chi connectivity index (χ0v) is 17.1. The summed E-state index contributed by atoms with van der Waals surface area (Å²) in [7, 11) is 1.91. The van der Waals surface area contributed by atoms with Gasteiger partial charge in [0, 0.05) is 35.2 Å². The van der Waals surface area contributed by atoms with E-state index >= 15 is 0 Å². The number of β-amino-alcohol motifs (C(OH)–C–C–N with tert-alkyl or cyclic N) is 1. The molecule has 2 atom stereocenters. The SMILES string of the molecule is CN1CC[C@H](c2c(O)cc(O)c3c(=O)cc(/C=C/c4cccc(Cl)c4)oc23)[C@H](O)C1. The molecule has 0 bridgehead atoms. The van der Waals surface area contributed by atoms with E-state index < -0.39 is 17.5 Å². The van der Waals surface area contributed by atoms with E-state index in [9.17, 15) is 20.1 Å². The smallest absolute Gasteiger partial charge is 0.197 e. The van der Waals surface area contributed by atoms with Gasteiger partial charge in [-0.2, -0.15) is 0 Å². The molecular weight excluding hydrogens is 406 g/mol. The van der Waals surface area contributed by atoms with E-state index in [1.165, 1.54) is 6.07 Å². The first-order valence-corrected chi connectivity index (χ1v) is 10.0. The van der Waals surface area contributed by atoms with Crippen LogP contribution in [0.15, 0.2) is 45.6 Å². The standard InChI is InChI=1S/C23H22ClNO5/c1-25-8-7-16(20(29)12-25)21-18(27)11-19(28)22-17(26)10-15(30-23(21)22)6-5-13-3-2-4-14(24)9-13/h2-6,9-11,16,20,27-29H,7-8,12H2,1H3/b6-5+/t16-,20+/m0/s1. The summed E-state index contributed by atoms with van der Waals surface area (Å²) in [4.78, 5) is 14.7. The molecule has 1 aromatic heterocycles. The molecule has 0 saturated carbocycles. The van der Waals surface area contributed by atoms with E-state index in [-0.39, 0.29) is 28.2 Å². The number of likely N-dealkylation sites (N-methyl/N-ethyl adjacent to an activating group) is 1. The van der Waals surface area contributed by atoms with Crippen molar-refractivity contribution in [1.29, 1.82) is 0 Å². The van der Waals surface area contributed by atoms with Crippen molar-refractivity contribution in [2.75, 3.05) is 20.1 Å². The highest BCUT2D eigenvalue weighted by Gasteiger charge is 2.32. The molecule has 7 heteroatoms. The van der Waals surface area contributed by atoms with Crippen LogP contribution in [-0.2, 0) is 0 Å². The number of phenols is 2. The number of hydrogen-bond donors (Lipinski definition) is 3. The molecule has 0 spiro atoms. The molecular formula is C23H22ClNO5. The normalized spacial score (nSPS) is 20.2. The number of phenolic OH excluding ortho intramolecular Hbond substituents is 2. The Morgan fingerprint density at radius 3 is 2.70 bits per heavy atom. The third kappa shape index (κ3) is 3.94. The fourth-order valence-electron chi connectivity index (χ4n) is 4.00. The van der Waals surface area contributed by atoms with Crippen LogP contribution < -0.4 is 5.43 Å². The van der Waals surface area contributed by atoms with Crippen molar-refractivity contribution in [3.63, 3.8) is 0 Å². The molecule has 156 valence electrons. The van der Waals surface area contributed by atoms with Crippen molar-refractivity contribution in [2.45, 2.75) is 18.4 Å². The highest BCUT2D eigenvalue weighted by molar-refractivity contribution is 6.30. The van der Waals surface area contributed by atoms with Gasteiger partial charge >= 0.3 is 0 Å². The average Bonchev–Trinajstić information content (AvgIpc) is 2.67. The fourth-order valence-corrected chi connectivity index (χ4v) is 4.19. The fraction of sp³-hybridized carbons (Fsp3) is 0.261. The van der Waals surface area contributed by atoms with Crippen molar-refractivity contribution in [1.82, 2.24) is 4.90 Å². The molecule has 0 aliphatic carbocycles. The number of halogens is 1. The Labute approximate surface area is 178 Å². The molecule has 6 nitrogen and oxygen atoms in total. The van der Waals surface area contributed by atoms with Gasteiger partial charge in [0.15, 0.2) is 5.43 Å². The molecule has 0 radical (unpaired) electrons. The second-order valence-electron chi connectivity index (χ2n) is 7.66. The van der Waals surface area contributed by atoms with Crippen molar-refractivity contribution < 1.29 is 19.7 Å². The van der Waals surface area contributed by atoms with Gasteiger partial charge in [0.05, 0.1) is 6.10 Å². The highest BCUT2D eigenvalue weighted by atomic mass is 35.5. The molecule has 1 saturated heterocycles. The van der Waals surface area contributed by atoms with Gasteiger partial charge in [-0.1, -0.05) is 29.8 Å². The quantitative estimate of drug-likeness (QED) is 0.588. The van der Waals surface area contributed by atoms with Gasteiger partial charge in [0.2, 0.25) is 0 Å². The van der Waals surface area contributed by atoms with Gasteiger partial charge in [-0.25, -0.2) is 0 Å². The molecule has 30 heavy (non-hydrogen) atoms. The number of benzene rings is 2. The Balaban J connectivity index is 1.85. The summed E-state index contributed by atoms with van der Waals surface area (Å²) in [5.41, 5.74) is 0.843. The second-order valence-corrected chi connectivity index (χ2v) is 8.10. The molecule has 0 amide bonds. The zero-order valence-electron chi connectivity index (χ0n) is 16.4. The monoisotopic (exact) mass is 427 g/mol. The first-order chi connectivity index (χ1) is 14.3. The van der Waals surface area contributed by atoms with Gasteiger partial charge in [0.25, 0.3) is 0 Å². The maximum atomic E-state index is 12.7. The van der Waals surface area contributed by atoms with E-state index in [1.807, 2.05) is 24.1 Å². The van der Waals surface area contributed by atoms with E-state index in [2.05, 4.69) is 0 Å². The predicted octanol–water partition coefficient (Wildman–Crippen LogP) is 3.81.